The smallest absolute Gasteiger partial charge is 0.308 e. The molecular formula is C14H21N3O3. The van der Waals surface area contributed by atoms with Crippen molar-refractivity contribution < 1.29 is 14.3 Å². The molecule has 1 aromatic heterocycles. The summed E-state index contributed by atoms with van der Waals surface area (Å²) in [7, 11) is 0. The molecule has 6 nitrogen and oxygen atoms in total. The number of hydrogen-bond acceptors (Lipinski definition) is 5. The number of carbonyl (C=O) groups excluding carboxylic acids is 2. The maximum Gasteiger partial charge on any atom is 0.308 e. The van der Waals surface area contributed by atoms with Crippen LogP contribution in [0.15, 0.2) is 24.5 Å². The topological polar surface area (TPSA) is 85.5 Å². The molecule has 0 aliphatic heterocycles. The second-order valence-electron chi connectivity index (χ2n) is 4.32. The molecule has 1 atom stereocenters. The van der Waals surface area contributed by atoms with E-state index in [0.717, 1.165) is 5.56 Å². The van der Waals surface area contributed by atoms with Crippen molar-refractivity contribution in [3.63, 3.8) is 0 Å². The number of nitrogens with zero attached hydrogens (tertiary/aromatic N) is 2. The molecule has 0 spiro atoms. The molecule has 0 aromatic carbocycles. The van der Waals surface area contributed by atoms with Crippen molar-refractivity contribution in [2.75, 3.05) is 19.7 Å². The third-order valence-corrected chi connectivity index (χ3v) is 2.97. The van der Waals surface area contributed by atoms with Crippen LogP contribution in [0, 0.1) is 0 Å². The molecule has 1 unspecified atom stereocenters. The lowest BCUT2D eigenvalue weighted by atomic mass is 10.1. The minimum absolute atomic E-state index is 0.0250. The van der Waals surface area contributed by atoms with Gasteiger partial charge in [0.2, 0.25) is 0 Å². The molecule has 1 heterocycles. The van der Waals surface area contributed by atoms with Gasteiger partial charge in [0.1, 0.15) is 0 Å². The fourth-order valence-electron chi connectivity index (χ4n) is 1.76. The van der Waals surface area contributed by atoms with Crippen molar-refractivity contribution in [2.24, 2.45) is 5.73 Å². The Bertz CT molecular complexity index is 433. The summed E-state index contributed by atoms with van der Waals surface area (Å²) in [6, 6.07) is 3.08. The number of hydrogen-bond donors (Lipinski definition) is 1. The highest BCUT2D eigenvalue weighted by Crippen LogP contribution is 2.12. The van der Waals surface area contributed by atoms with E-state index < -0.39 is 12.0 Å². The molecule has 0 saturated heterocycles. The van der Waals surface area contributed by atoms with Gasteiger partial charge in [-0.15, -0.1) is 0 Å². The minimum Gasteiger partial charge on any atom is -0.456 e. The first-order valence-corrected chi connectivity index (χ1v) is 6.67. The minimum atomic E-state index is -0.484. The Kier molecular flexibility index (Phi) is 6.66. The average molecular weight is 279 g/mol. The van der Waals surface area contributed by atoms with Crippen molar-refractivity contribution in [1.29, 1.82) is 0 Å². The normalized spacial score (nSPS) is 11.8. The number of ether oxygens (including phenoxy) is 1. The second-order valence-corrected chi connectivity index (χ2v) is 4.32. The zero-order valence-electron chi connectivity index (χ0n) is 11.9. The van der Waals surface area contributed by atoms with Crippen LogP contribution in [0.1, 0.15) is 31.9 Å². The maximum absolute atomic E-state index is 11.7. The van der Waals surface area contributed by atoms with Gasteiger partial charge >= 0.3 is 5.97 Å². The summed E-state index contributed by atoms with van der Waals surface area (Å²) in [5.74, 6) is -0.680. The SMILES string of the molecule is CCN(CC)C(=O)COC(=O)CC(N)c1cccnc1. The number of esters is 1. The summed E-state index contributed by atoms with van der Waals surface area (Å²) in [4.78, 5) is 28.9. The third kappa shape index (κ3) is 4.97. The van der Waals surface area contributed by atoms with E-state index in [9.17, 15) is 9.59 Å². The lowest BCUT2D eigenvalue weighted by molar-refractivity contribution is -0.152. The standard InChI is InChI=1S/C14H21N3O3/c1-3-17(4-2)13(18)10-20-14(19)8-12(15)11-6-5-7-16-9-11/h5-7,9,12H,3-4,8,10,15H2,1-2H3. The molecule has 0 radical (unpaired) electrons. The van der Waals surface area contributed by atoms with Crippen LogP contribution in [0.2, 0.25) is 0 Å². The molecule has 0 bridgehead atoms. The van der Waals surface area contributed by atoms with Crippen LogP contribution in [0.3, 0.4) is 0 Å². The summed E-state index contributed by atoms with van der Waals surface area (Å²) >= 11 is 0. The van der Waals surface area contributed by atoms with E-state index in [1.807, 2.05) is 13.8 Å². The van der Waals surface area contributed by atoms with Gasteiger partial charge in [-0.2, -0.15) is 0 Å². The van der Waals surface area contributed by atoms with Gasteiger partial charge in [0.05, 0.1) is 6.42 Å². The highest BCUT2D eigenvalue weighted by Gasteiger charge is 2.16. The van der Waals surface area contributed by atoms with Crippen LogP contribution in [0.4, 0.5) is 0 Å². The third-order valence-electron chi connectivity index (χ3n) is 2.97. The predicted octanol–water partition coefficient (Wildman–Crippen LogP) is 0.883. The molecule has 20 heavy (non-hydrogen) atoms. The Hall–Kier alpha value is -1.95. The van der Waals surface area contributed by atoms with Crippen molar-refractivity contribution in [3.05, 3.63) is 30.1 Å². The monoisotopic (exact) mass is 279 g/mol. The number of likely N-dealkylation sites (N-methyl/N-ethyl adjacent to an activating group) is 1. The van der Waals surface area contributed by atoms with Crippen LogP contribution in [-0.2, 0) is 14.3 Å². The van der Waals surface area contributed by atoms with Gasteiger partial charge in [0.25, 0.3) is 5.91 Å². The molecular weight excluding hydrogens is 258 g/mol. The molecule has 1 aromatic rings. The second kappa shape index (κ2) is 8.27. The summed E-state index contributed by atoms with van der Waals surface area (Å²) in [5, 5.41) is 0. The van der Waals surface area contributed by atoms with Crippen molar-refractivity contribution in [2.45, 2.75) is 26.3 Å². The Morgan fingerprint density at radius 3 is 2.65 bits per heavy atom. The van der Waals surface area contributed by atoms with E-state index >= 15 is 0 Å². The lowest BCUT2D eigenvalue weighted by Gasteiger charge is -2.18. The van der Waals surface area contributed by atoms with E-state index in [2.05, 4.69) is 4.98 Å². The van der Waals surface area contributed by atoms with E-state index in [1.54, 1.807) is 29.4 Å². The van der Waals surface area contributed by atoms with Gasteiger partial charge < -0.3 is 15.4 Å². The molecule has 0 saturated carbocycles. The van der Waals surface area contributed by atoms with Gasteiger partial charge in [-0.05, 0) is 25.5 Å². The van der Waals surface area contributed by atoms with Crippen molar-refractivity contribution in [3.8, 4) is 0 Å². The molecule has 1 amide bonds. The van der Waals surface area contributed by atoms with E-state index in [4.69, 9.17) is 10.5 Å². The van der Waals surface area contributed by atoms with E-state index in [-0.39, 0.29) is 18.9 Å². The Morgan fingerprint density at radius 1 is 1.40 bits per heavy atom. The molecule has 2 N–H and O–H groups in total. The Balaban J connectivity index is 2.39. The van der Waals surface area contributed by atoms with Crippen LogP contribution in [0.25, 0.3) is 0 Å². The quantitative estimate of drug-likeness (QED) is 0.749. The zero-order valence-corrected chi connectivity index (χ0v) is 11.9. The number of carbonyl (C=O) groups is 2. The first-order valence-electron chi connectivity index (χ1n) is 6.67. The number of rotatable bonds is 7. The molecule has 0 aliphatic rings. The lowest BCUT2D eigenvalue weighted by Crippen LogP contribution is -2.34. The molecule has 110 valence electrons. The molecule has 0 fully saturated rings. The first-order chi connectivity index (χ1) is 9.58. The number of aromatic nitrogens is 1. The van der Waals surface area contributed by atoms with Crippen LogP contribution in [-0.4, -0.2) is 41.5 Å². The van der Waals surface area contributed by atoms with Gasteiger partial charge in [0, 0.05) is 31.5 Å². The van der Waals surface area contributed by atoms with Crippen LogP contribution >= 0.6 is 0 Å². The van der Waals surface area contributed by atoms with Gasteiger partial charge in [-0.25, -0.2) is 0 Å². The van der Waals surface area contributed by atoms with Crippen molar-refractivity contribution in [1.82, 2.24) is 9.88 Å². The first kappa shape index (κ1) is 16.1. The fraction of sp³-hybridized carbons (Fsp3) is 0.500. The molecule has 0 aliphatic carbocycles. The molecule has 6 heteroatoms. The summed E-state index contributed by atoms with van der Waals surface area (Å²) in [6.07, 6.45) is 3.27. The van der Waals surface area contributed by atoms with Gasteiger partial charge in [-0.3, -0.25) is 14.6 Å². The Morgan fingerprint density at radius 2 is 2.10 bits per heavy atom. The molecule has 1 rings (SSSR count). The number of nitrogens with two attached hydrogens (primary N) is 1. The average Bonchev–Trinajstić information content (AvgIpc) is 2.47. The number of pyridine rings is 1. The zero-order chi connectivity index (χ0) is 15.0. The highest BCUT2D eigenvalue weighted by molar-refractivity contribution is 5.80. The van der Waals surface area contributed by atoms with Gasteiger partial charge in [-0.1, -0.05) is 6.07 Å². The Labute approximate surface area is 118 Å². The van der Waals surface area contributed by atoms with Crippen molar-refractivity contribution >= 4 is 11.9 Å². The summed E-state index contributed by atoms with van der Waals surface area (Å²) < 4.78 is 4.95. The highest BCUT2D eigenvalue weighted by atomic mass is 16.5. The fourth-order valence-corrected chi connectivity index (χ4v) is 1.76. The van der Waals surface area contributed by atoms with Crippen LogP contribution in [0.5, 0.6) is 0 Å². The van der Waals surface area contributed by atoms with E-state index in [0.29, 0.717) is 13.1 Å². The number of amides is 1. The summed E-state index contributed by atoms with van der Waals surface area (Å²) in [5.41, 5.74) is 6.64. The predicted molar refractivity (Wildman–Crippen MR) is 74.7 cm³/mol. The largest absolute Gasteiger partial charge is 0.456 e. The summed E-state index contributed by atoms with van der Waals surface area (Å²) in [6.45, 7) is 4.72. The van der Waals surface area contributed by atoms with Crippen LogP contribution < -0.4 is 5.73 Å². The maximum atomic E-state index is 11.7. The van der Waals surface area contributed by atoms with E-state index in [1.165, 1.54) is 0 Å². The van der Waals surface area contributed by atoms with Gasteiger partial charge in [0.15, 0.2) is 6.61 Å².